The Kier molecular flexibility index (Phi) is 6.06. The van der Waals surface area contributed by atoms with Crippen molar-refractivity contribution in [3.8, 4) is 0 Å². The number of hydrogen-bond acceptors (Lipinski definition) is 0. The van der Waals surface area contributed by atoms with Crippen LogP contribution in [0.4, 0.5) is 0 Å². The molecule has 0 aliphatic heterocycles. The van der Waals surface area contributed by atoms with Crippen LogP contribution in [0.5, 0.6) is 0 Å². The fourth-order valence-electron chi connectivity index (χ4n) is 2.00. The van der Waals surface area contributed by atoms with Gasteiger partial charge in [-0.2, -0.15) is 0 Å². The summed E-state index contributed by atoms with van der Waals surface area (Å²) in [6.45, 7) is 8.95. The average molecular weight is 236 g/mol. The SMILES string of the molecule is CCCPCCCc1cc(C)c(C)cc1C. The predicted octanol–water partition coefficient (Wildman–Crippen LogP) is 4.63. The molecule has 1 rings (SSSR count). The summed E-state index contributed by atoms with van der Waals surface area (Å²) in [5.41, 5.74) is 5.90. The minimum absolute atomic E-state index is 1.18. The van der Waals surface area contributed by atoms with Crippen LogP contribution in [0.15, 0.2) is 12.1 Å². The van der Waals surface area contributed by atoms with Crippen molar-refractivity contribution in [1.29, 1.82) is 0 Å². The molecule has 0 spiro atoms. The van der Waals surface area contributed by atoms with Crippen molar-refractivity contribution in [1.82, 2.24) is 0 Å². The lowest BCUT2D eigenvalue weighted by atomic mass is 9.98. The molecule has 0 aromatic heterocycles. The molecule has 0 radical (unpaired) electrons. The second-order valence-electron chi connectivity index (χ2n) is 4.72. The maximum Gasteiger partial charge on any atom is -0.0273 e. The van der Waals surface area contributed by atoms with Gasteiger partial charge in [-0.05, 0) is 68.2 Å². The van der Waals surface area contributed by atoms with Gasteiger partial charge in [-0.15, -0.1) is 8.58 Å². The van der Waals surface area contributed by atoms with Crippen LogP contribution in [0.25, 0.3) is 0 Å². The summed E-state index contributed by atoms with van der Waals surface area (Å²) in [6.07, 6.45) is 6.82. The highest BCUT2D eigenvalue weighted by Crippen LogP contribution is 2.19. The van der Waals surface area contributed by atoms with Crippen LogP contribution in [0, 0.1) is 20.8 Å². The number of rotatable bonds is 6. The molecule has 1 heteroatoms. The number of benzene rings is 1. The fraction of sp³-hybridized carbons (Fsp3) is 0.600. The van der Waals surface area contributed by atoms with Gasteiger partial charge in [-0.1, -0.05) is 25.5 Å². The van der Waals surface area contributed by atoms with Gasteiger partial charge in [0.05, 0.1) is 0 Å². The molecule has 0 saturated carbocycles. The van der Waals surface area contributed by atoms with Crippen molar-refractivity contribution in [3.05, 3.63) is 34.4 Å². The van der Waals surface area contributed by atoms with Gasteiger partial charge >= 0.3 is 0 Å². The van der Waals surface area contributed by atoms with Crippen molar-refractivity contribution >= 4 is 8.58 Å². The fourth-order valence-corrected chi connectivity index (χ4v) is 3.03. The van der Waals surface area contributed by atoms with Gasteiger partial charge in [0.15, 0.2) is 0 Å². The van der Waals surface area contributed by atoms with Gasteiger partial charge in [0.25, 0.3) is 0 Å². The molecular formula is C15H25P. The predicted molar refractivity (Wildman–Crippen MR) is 77.3 cm³/mol. The molecular weight excluding hydrogens is 211 g/mol. The molecule has 90 valence electrons. The maximum atomic E-state index is 2.38. The third kappa shape index (κ3) is 4.26. The van der Waals surface area contributed by atoms with Crippen molar-refractivity contribution in [2.75, 3.05) is 12.3 Å². The molecule has 0 nitrogen and oxygen atoms in total. The minimum atomic E-state index is 1.18. The Balaban J connectivity index is 2.45. The standard InChI is InChI=1S/C15H25P/c1-5-8-16-9-6-7-15-11-13(3)12(2)10-14(15)4/h10-11,16H,5-9H2,1-4H3. The van der Waals surface area contributed by atoms with E-state index in [0.717, 1.165) is 0 Å². The molecule has 0 saturated heterocycles. The zero-order chi connectivity index (χ0) is 12.0. The highest BCUT2D eigenvalue weighted by Gasteiger charge is 2.01. The van der Waals surface area contributed by atoms with Crippen LogP contribution in [0.3, 0.4) is 0 Å². The third-order valence-electron chi connectivity index (χ3n) is 3.18. The first kappa shape index (κ1) is 13.7. The molecule has 1 atom stereocenters. The number of aryl methyl sites for hydroxylation is 4. The largest absolute Gasteiger partial charge is 0.122 e. The van der Waals surface area contributed by atoms with Crippen molar-refractivity contribution in [2.45, 2.75) is 47.0 Å². The van der Waals surface area contributed by atoms with E-state index in [4.69, 9.17) is 0 Å². The molecule has 16 heavy (non-hydrogen) atoms. The second-order valence-corrected chi connectivity index (χ2v) is 6.22. The second kappa shape index (κ2) is 7.07. The monoisotopic (exact) mass is 236 g/mol. The van der Waals surface area contributed by atoms with Crippen LogP contribution >= 0.6 is 8.58 Å². The van der Waals surface area contributed by atoms with E-state index in [9.17, 15) is 0 Å². The zero-order valence-corrected chi connectivity index (χ0v) is 12.2. The normalized spacial score (nSPS) is 11.5. The van der Waals surface area contributed by atoms with E-state index in [-0.39, 0.29) is 0 Å². The van der Waals surface area contributed by atoms with Gasteiger partial charge in [-0.3, -0.25) is 0 Å². The van der Waals surface area contributed by atoms with E-state index in [1.54, 1.807) is 5.56 Å². The summed E-state index contributed by atoms with van der Waals surface area (Å²) in [5.74, 6) is 0. The lowest BCUT2D eigenvalue weighted by molar-refractivity contribution is 0.915. The third-order valence-corrected chi connectivity index (χ3v) is 4.74. The van der Waals surface area contributed by atoms with E-state index in [1.165, 1.54) is 56.9 Å². The van der Waals surface area contributed by atoms with Crippen LogP contribution in [0.2, 0.25) is 0 Å². The van der Waals surface area contributed by atoms with Crippen LogP contribution in [-0.4, -0.2) is 12.3 Å². The molecule has 1 aromatic carbocycles. The molecule has 1 aromatic rings. The Morgan fingerprint density at radius 3 is 2.31 bits per heavy atom. The van der Waals surface area contributed by atoms with Gasteiger partial charge < -0.3 is 0 Å². The Morgan fingerprint density at radius 1 is 0.938 bits per heavy atom. The van der Waals surface area contributed by atoms with Crippen molar-refractivity contribution < 1.29 is 0 Å². The van der Waals surface area contributed by atoms with E-state index >= 15 is 0 Å². The Labute approximate surface area is 103 Å². The summed E-state index contributed by atoms with van der Waals surface area (Å²) in [6, 6.07) is 4.71. The quantitative estimate of drug-likeness (QED) is 0.499. The molecule has 0 N–H and O–H groups in total. The molecule has 0 heterocycles. The van der Waals surface area contributed by atoms with Gasteiger partial charge in [0.2, 0.25) is 0 Å². The molecule has 0 aliphatic rings. The summed E-state index contributed by atoms with van der Waals surface area (Å²) in [4.78, 5) is 0. The first-order chi connectivity index (χ1) is 7.65. The summed E-state index contributed by atoms with van der Waals surface area (Å²) < 4.78 is 0. The first-order valence-corrected chi connectivity index (χ1v) is 7.84. The lowest BCUT2D eigenvalue weighted by Gasteiger charge is -2.09. The molecule has 0 fully saturated rings. The lowest BCUT2D eigenvalue weighted by Crippen LogP contribution is -1.94. The molecule has 0 aliphatic carbocycles. The highest BCUT2D eigenvalue weighted by atomic mass is 31.1. The summed E-state index contributed by atoms with van der Waals surface area (Å²) in [7, 11) is 1.18. The van der Waals surface area contributed by atoms with Crippen LogP contribution < -0.4 is 0 Å². The minimum Gasteiger partial charge on any atom is -0.122 e. The van der Waals surface area contributed by atoms with Gasteiger partial charge in [0.1, 0.15) is 0 Å². The smallest absolute Gasteiger partial charge is 0.0273 e. The molecule has 0 amide bonds. The van der Waals surface area contributed by atoms with Crippen molar-refractivity contribution in [3.63, 3.8) is 0 Å². The Morgan fingerprint density at radius 2 is 1.62 bits per heavy atom. The van der Waals surface area contributed by atoms with E-state index < -0.39 is 0 Å². The summed E-state index contributed by atoms with van der Waals surface area (Å²) >= 11 is 0. The highest BCUT2D eigenvalue weighted by molar-refractivity contribution is 7.37. The molecule has 0 bridgehead atoms. The summed E-state index contributed by atoms with van der Waals surface area (Å²) in [5, 5.41) is 0. The van der Waals surface area contributed by atoms with Gasteiger partial charge in [0, 0.05) is 0 Å². The first-order valence-electron chi connectivity index (χ1n) is 6.42. The molecule has 1 unspecified atom stereocenters. The van der Waals surface area contributed by atoms with E-state index in [1.807, 2.05) is 0 Å². The van der Waals surface area contributed by atoms with Crippen LogP contribution in [-0.2, 0) is 6.42 Å². The van der Waals surface area contributed by atoms with E-state index in [0.29, 0.717) is 0 Å². The topological polar surface area (TPSA) is 0 Å². The number of hydrogen-bond donors (Lipinski definition) is 0. The van der Waals surface area contributed by atoms with Crippen LogP contribution in [0.1, 0.15) is 42.0 Å². The Bertz CT molecular complexity index is 328. The average Bonchev–Trinajstić information content (AvgIpc) is 2.25. The Hall–Kier alpha value is -0.350. The maximum absolute atomic E-state index is 2.38. The van der Waals surface area contributed by atoms with Crippen molar-refractivity contribution in [2.24, 2.45) is 0 Å². The zero-order valence-electron chi connectivity index (χ0n) is 11.2. The van der Waals surface area contributed by atoms with Gasteiger partial charge in [-0.25, -0.2) is 0 Å². The van der Waals surface area contributed by atoms with E-state index in [2.05, 4.69) is 39.8 Å².